The molecule has 85 heavy (non-hydrogen) atoms. The van der Waals surface area contributed by atoms with E-state index in [0.29, 0.717) is 25.9 Å². The Morgan fingerprint density at radius 3 is 0.894 bits per heavy atom. The van der Waals surface area contributed by atoms with Crippen LogP contribution in [0.25, 0.3) is 0 Å². The molecular formula is C79H153NO5. The molecule has 0 radical (unpaired) electrons. The fourth-order valence-corrected chi connectivity index (χ4v) is 12.6. The van der Waals surface area contributed by atoms with Crippen LogP contribution in [0, 0.1) is 0 Å². The smallest absolute Gasteiger partial charge is 0.305 e. The van der Waals surface area contributed by atoms with Crippen molar-refractivity contribution in [3.8, 4) is 0 Å². The number of ether oxygens (including phenoxy) is 1. The number of nitrogens with one attached hydrogen (secondary N) is 1. The van der Waals surface area contributed by atoms with E-state index in [-0.39, 0.29) is 18.5 Å². The number of rotatable bonds is 74. The largest absolute Gasteiger partial charge is 0.466 e. The molecule has 0 spiro atoms. The monoisotopic (exact) mass is 1200 g/mol. The van der Waals surface area contributed by atoms with Crippen LogP contribution in [0.5, 0.6) is 0 Å². The quantitative estimate of drug-likeness (QED) is 0.0320. The third-order valence-electron chi connectivity index (χ3n) is 18.5. The number of allylic oxidation sites excluding steroid dienone is 4. The molecule has 2 unspecified atom stereocenters. The van der Waals surface area contributed by atoms with Gasteiger partial charge in [0.25, 0.3) is 0 Å². The summed E-state index contributed by atoms with van der Waals surface area (Å²) in [5, 5.41) is 23.4. The van der Waals surface area contributed by atoms with Gasteiger partial charge in [-0.2, -0.15) is 0 Å². The molecule has 6 nitrogen and oxygen atoms in total. The van der Waals surface area contributed by atoms with E-state index >= 15 is 0 Å². The van der Waals surface area contributed by atoms with Gasteiger partial charge in [-0.25, -0.2) is 0 Å². The first-order chi connectivity index (χ1) is 42.0. The van der Waals surface area contributed by atoms with Crippen LogP contribution in [0.2, 0.25) is 0 Å². The van der Waals surface area contributed by atoms with E-state index in [0.717, 1.165) is 44.9 Å². The van der Waals surface area contributed by atoms with Crippen LogP contribution in [0.3, 0.4) is 0 Å². The van der Waals surface area contributed by atoms with E-state index in [1.54, 1.807) is 0 Å². The first-order valence-electron chi connectivity index (χ1n) is 39.1. The first-order valence-corrected chi connectivity index (χ1v) is 39.1. The van der Waals surface area contributed by atoms with Crippen molar-refractivity contribution in [2.24, 2.45) is 0 Å². The maximum absolute atomic E-state index is 12.6. The molecule has 0 aliphatic carbocycles. The van der Waals surface area contributed by atoms with E-state index in [1.807, 2.05) is 0 Å². The third-order valence-corrected chi connectivity index (χ3v) is 18.5. The predicted octanol–water partition coefficient (Wildman–Crippen LogP) is 25.7. The van der Waals surface area contributed by atoms with Crippen LogP contribution < -0.4 is 5.32 Å². The number of aliphatic hydroxyl groups is 2. The lowest BCUT2D eigenvalue weighted by Crippen LogP contribution is -2.45. The molecule has 0 aromatic heterocycles. The average molecular weight is 1200 g/mol. The Bertz CT molecular complexity index is 1330. The number of aliphatic hydroxyl groups excluding tert-OH is 2. The molecule has 1 amide bonds. The van der Waals surface area contributed by atoms with Crippen LogP contribution in [-0.2, 0) is 14.3 Å². The van der Waals surface area contributed by atoms with Gasteiger partial charge in [-0.05, 0) is 57.8 Å². The van der Waals surface area contributed by atoms with Crippen molar-refractivity contribution in [1.82, 2.24) is 5.32 Å². The summed E-state index contributed by atoms with van der Waals surface area (Å²) >= 11 is 0. The van der Waals surface area contributed by atoms with Gasteiger partial charge in [0, 0.05) is 12.8 Å². The standard InChI is InChI=1S/C79H153NO5/c1-3-5-7-9-11-13-15-17-18-19-20-38-41-44-48-51-55-59-63-67-71-77(82)76(75-81)80-78(83)72-68-64-60-56-52-49-45-42-39-36-34-32-30-28-26-24-22-21-23-25-27-29-31-33-35-37-40-43-46-50-54-58-62-66-70-74-85-79(84)73-69-65-61-57-53-47-16-14-12-10-8-6-4-2/h23,25,29,31,76-77,81-82H,3-22,24,26-28,30,32-75H2,1-2H3,(H,80,83)/b25-23-,31-29-. The van der Waals surface area contributed by atoms with E-state index in [1.165, 1.54) is 366 Å². The summed E-state index contributed by atoms with van der Waals surface area (Å²) in [4.78, 5) is 24.6. The number of hydrogen-bond donors (Lipinski definition) is 3. The molecule has 0 aliphatic rings. The molecule has 0 aromatic rings. The Kier molecular flexibility index (Phi) is 73.3. The summed E-state index contributed by atoms with van der Waals surface area (Å²) in [5.41, 5.74) is 0. The van der Waals surface area contributed by atoms with Gasteiger partial charge in [-0.3, -0.25) is 9.59 Å². The second-order valence-corrected chi connectivity index (χ2v) is 27.0. The fourth-order valence-electron chi connectivity index (χ4n) is 12.6. The van der Waals surface area contributed by atoms with Gasteiger partial charge in [0.15, 0.2) is 0 Å². The normalized spacial score (nSPS) is 12.6. The Hall–Kier alpha value is -1.66. The summed E-state index contributed by atoms with van der Waals surface area (Å²) in [6.45, 7) is 5.00. The molecule has 6 heteroatoms. The van der Waals surface area contributed by atoms with Crippen LogP contribution in [-0.4, -0.2) is 47.4 Å². The zero-order chi connectivity index (χ0) is 61.3. The molecule has 0 fully saturated rings. The number of carbonyl (C=O) groups excluding carboxylic acids is 2. The van der Waals surface area contributed by atoms with Gasteiger partial charge in [-0.15, -0.1) is 0 Å². The minimum Gasteiger partial charge on any atom is -0.466 e. The van der Waals surface area contributed by atoms with Crippen molar-refractivity contribution in [3.05, 3.63) is 24.3 Å². The first kappa shape index (κ1) is 83.3. The maximum atomic E-state index is 12.6. The highest BCUT2D eigenvalue weighted by molar-refractivity contribution is 5.76. The topological polar surface area (TPSA) is 95.9 Å². The Morgan fingerprint density at radius 2 is 0.588 bits per heavy atom. The molecule has 0 saturated carbocycles. The van der Waals surface area contributed by atoms with Crippen molar-refractivity contribution in [2.75, 3.05) is 13.2 Å². The van der Waals surface area contributed by atoms with Gasteiger partial charge in [-0.1, -0.05) is 398 Å². The van der Waals surface area contributed by atoms with E-state index in [9.17, 15) is 19.8 Å². The fraction of sp³-hybridized carbons (Fsp3) is 0.924. The zero-order valence-corrected chi connectivity index (χ0v) is 57.9. The highest BCUT2D eigenvalue weighted by Crippen LogP contribution is 2.20. The number of hydrogen-bond acceptors (Lipinski definition) is 5. The van der Waals surface area contributed by atoms with Crippen molar-refractivity contribution in [3.63, 3.8) is 0 Å². The van der Waals surface area contributed by atoms with Gasteiger partial charge in [0.2, 0.25) is 5.91 Å². The van der Waals surface area contributed by atoms with E-state index < -0.39 is 12.1 Å². The summed E-state index contributed by atoms with van der Waals surface area (Å²) < 4.78 is 5.49. The highest BCUT2D eigenvalue weighted by atomic mass is 16.5. The van der Waals surface area contributed by atoms with Gasteiger partial charge in [0.05, 0.1) is 25.4 Å². The average Bonchev–Trinajstić information content (AvgIpc) is 3.53. The number of carbonyl (C=O) groups is 2. The van der Waals surface area contributed by atoms with E-state index in [4.69, 9.17) is 4.74 Å². The summed E-state index contributed by atoms with van der Waals surface area (Å²) in [6.07, 6.45) is 95.5. The molecule has 0 bridgehead atoms. The van der Waals surface area contributed by atoms with Crippen molar-refractivity contribution >= 4 is 11.9 Å². The number of amides is 1. The summed E-state index contributed by atoms with van der Waals surface area (Å²) in [5.74, 6) is -0.00842. The SMILES string of the molecule is CCCCCCCCCCCCCCCCCCCCCCC(O)C(CO)NC(=O)CCCCCCCCCCCCCCCCCCC/C=C\C/C=C\CCCCCCCCCCCCCOC(=O)CCCCCCCCCCCCCCC. The maximum Gasteiger partial charge on any atom is 0.305 e. The molecule has 2 atom stereocenters. The van der Waals surface area contributed by atoms with Crippen molar-refractivity contribution in [1.29, 1.82) is 0 Å². The molecule has 0 rings (SSSR count). The van der Waals surface area contributed by atoms with Gasteiger partial charge < -0.3 is 20.3 Å². The third kappa shape index (κ3) is 71.3. The minimum atomic E-state index is -0.663. The highest BCUT2D eigenvalue weighted by Gasteiger charge is 2.20. The van der Waals surface area contributed by atoms with Crippen LogP contribution in [0.1, 0.15) is 444 Å². The second kappa shape index (κ2) is 74.8. The molecule has 504 valence electrons. The van der Waals surface area contributed by atoms with Crippen LogP contribution in [0.15, 0.2) is 24.3 Å². The van der Waals surface area contributed by atoms with Crippen LogP contribution in [0.4, 0.5) is 0 Å². The molecule has 0 aliphatic heterocycles. The molecule has 0 saturated heterocycles. The molecule has 3 N–H and O–H groups in total. The molecule has 0 heterocycles. The zero-order valence-electron chi connectivity index (χ0n) is 57.9. The van der Waals surface area contributed by atoms with Gasteiger partial charge in [0.1, 0.15) is 0 Å². The lowest BCUT2D eigenvalue weighted by atomic mass is 10.0. The van der Waals surface area contributed by atoms with Gasteiger partial charge >= 0.3 is 5.97 Å². The number of esters is 1. The van der Waals surface area contributed by atoms with Crippen molar-refractivity contribution < 1.29 is 24.5 Å². The van der Waals surface area contributed by atoms with Crippen LogP contribution >= 0.6 is 0 Å². The molecular weight excluding hydrogens is 1040 g/mol. The Labute approximate surface area is 532 Å². The lowest BCUT2D eigenvalue weighted by molar-refractivity contribution is -0.143. The second-order valence-electron chi connectivity index (χ2n) is 27.0. The Morgan fingerprint density at radius 1 is 0.329 bits per heavy atom. The predicted molar refractivity (Wildman–Crippen MR) is 375 cm³/mol. The molecule has 0 aromatic carbocycles. The summed E-state index contributed by atoms with van der Waals surface area (Å²) in [7, 11) is 0. The van der Waals surface area contributed by atoms with E-state index in [2.05, 4.69) is 43.5 Å². The summed E-state index contributed by atoms with van der Waals surface area (Å²) in [6, 6.07) is -0.540. The Balaban J connectivity index is 3.37. The minimum absolute atomic E-state index is 0.0192. The number of unbranched alkanes of at least 4 members (excludes halogenated alkanes) is 59. The van der Waals surface area contributed by atoms with Crippen molar-refractivity contribution in [2.45, 2.75) is 456 Å². The lowest BCUT2D eigenvalue weighted by Gasteiger charge is -2.22.